The van der Waals surface area contributed by atoms with Crippen LogP contribution in [0.1, 0.15) is 39.5 Å². The summed E-state index contributed by atoms with van der Waals surface area (Å²) in [7, 11) is 0. The van der Waals surface area contributed by atoms with Gasteiger partial charge in [0, 0.05) is 24.8 Å². The molecule has 1 N–H and O–H groups in total. The van der Waals surface area contributed by atoms with Crippen molar-refractivity contribution in [2.24, 2.45) is 0 Å². The lowest BCUT2D eigenvalue weighted by Crippen LogP contribution is -2.49. The van der Waals surface area contributed by atoms with Gasteiger partial charge in [0.15, 0.2) is 0 Å². The molecular weight excluding hydrogens is 309 g/mol. The Balaban J connectivity index is 1.95. The molecule has 8 heteroatoms. The smallest absolute Gasteiger partial charge is 0.357 e. The molecule has 23 heavy (non-hydrogen) atoms. The highest BCUT2D eigenvalue weighted by atomic mass is 19.4. The van der Waals surface area contributed by atoms with Gasteiger partial charge in [-0.3, -0.25) is 9.48 Å². The molecular formula is C15H23F3N4O. The highest BCUT2D eigenvalue weighted by molar-refractivity contribution is 5.84. The predicted octanol–water partition coefficient (Wildman–Crippen LogP) is 3.04. The lowest BCUT2D eigenvalue weighted by atomic mass is 9.99. The Bertz CT molecular complexity index is 529. The molecule has 130 valence electrons. The molecule has 1 aliphatic heterocycles. The first-order valence-corrected chi connectivity index (χ1v) is 7.97. The van der Waals surface area contributed by atoms with Crippen LogP contribution >= 0.6 is 0 Å². The van der Waals surface area contributed by atoms with Crippen molar-refractivity contribution in [3.8, 4) is 0 Å². The van der Waals surface area contributed by atoms with Gasteiger partial charge < -0.3 is 10.2 Å². The zero-order chi connectivity index (χ0) is 17.0. The Morgan fingerprint density at radius 1 is 1.48 bits per heavy atom. The molecule has 1 fully saturated rings. The zero-order valence-electron chi connectivity index (χ0n) is 13.4. The summed E-state index contributed by atoms with van der Waals surface area (Å²) in [6.07, 6.45) is 0.991. The SMILES string of the molecule is CCC1CCCCN1C(=O)C(C)Nc1ccn(CC(F)(F)F)n1. The number of nitrogens with one attached hydrogen (secondary N) is 1. The van der Waals surface area contributed by atoms with E-state index >= 15 is 0 Å². The molecule has 2 atom stereocenters. The van der Waals surface area contributed by atoms with Gasteiger partial charge in [-0.1, -0.05) is 6.92 Å². The number of hydrogen-bond acceptors (Lipinski definition) is 3. The molecule has 1 amide bonds. The molecule has 1 aromatic rings. The Labute approximate surface area is 133 Å². The number of hydrogen-bond donors (Lipinski definition) is 1. The van der Waals surface area contributed by atoms with Gasteiger partial charge in [0.2, 0.25) is 5.91 Å². The second kappa shape index (κ2) is 7.23. The van der Waals surface area contributed by atoms with Gasteiger partial charge in [0.25, 0.3) is 0 Å². The Hall–Kier alpha value is -1.73. The molecule has 0 aliphatic carbocycles. The number of halogens is 3. The maximum atomic E-state index is 12.6. The van der Waals surface area contributed by atoms with Gasteiger partial charge in [-0.05, 0) is 32.6 Å². The molecule has 1 aliphatic rings. The molecule has 0 spiro atoms. The first-order valence-electron chi connectivity index (χ1n) is 7.97. The molecule has 0 aromatic carbocycles. The molecule has 0 saturated carbocycles. The third kappa shape index (κ3) is 4.87. The van der Waals surface area contributed by atoms with Crippen molar-refractivity contribution in [1.82, 2.24) is 14.7 Å². The normalized spacial score (nSPS) is 20.4. The standard InChI is InChI=1S/C15H23F3N4O/c1-3-12-6-4-5-8-22(12)14(23)11(2)19-13-7-9-21(20-13)10-15(16,17)18/h7,9,11-12H,3-6,8,10H2,1-2H3,(H,19,20). The number of nitrogens with zero attached hydrogens (tertiary/aromatic N) is 3. The maximum absolute atomic E-state index is 12.6. The van der Waals surface area contributed by atoms with Crippen molar-refractivity contribution < 1.29 is 18.0 Å². The van der Waals surface area contributed by atoms with Gasteiger partial charge in [0.05, 0.1) is 0 Å². The van der Waals surface area contributed by atoms with Crippen LogP contribution in [0.15, 0.2) is 12.3 Å². The summed E-state index contributed by atoms with van der Waals surface area (Å²) in [5.74, 6) is 0.252. The molecule has 2 rings (SSSR count). The maximum Gasteiger partial charge on any atom is 0.408 e. The van der Waals surface area contributed by atoms with Crippen LogP contribution in [-0.2, 0) is 11.3 Å². The molecule has 1 saturated heterocycles. The van der Waals surface area contributed by atoms with Gasteiger partial charge in [-0.2, -0.15) is 18.3 Å². The highest BCUT2D eigenvalue weighted by Gasteiger charge is 2.30. The van der Waals surface area contributed by atoms with Gasteiger partial charge in [0.1, 0.15) is 18.4 Å². The van der Waals surface area contributed by atoms with Crippen molar-refractivity contribution in [1.29, 1.82) is 0 Å². The van der Waals surface area contributed by atoms with Crippen molar-refractivity contribution in [3.05, 3.63) is 12.3 Å². The molecule has 0 bridgehead atoms. The number of alkyl halides is 3. The first-order chi connectivity index (χ1) is 10.8. The summed E-state index contributed by atoms with van der Waals surface area (Å²) in [4.78, 5) is 14.4. The van der Waals surface area contributed by atoms with Gasteiger partial charge in [-0.15, -0.1) is 0 Å². The summed E-state index contributed by atoms with van der Waals surface area (Å²) in [6.45, 7) is 3.38. The number of amides is 1. The Morgan fingerprint density at radius 2 is 2.22 bits per heavy atom. The van der Waals surface area contributed by atoms with Crippen LogP contribution in [0.5, 0.6) is 0 Å². The topological polar surface area (TPSA) is 50.2 Å². The van der Waals surface area contributed by atoms with E-state index in [1.807, 2.05) is 4.90 Å². The fraction of sp³-hybridized carbons (Fsp3) is 0.733. The van der Waals surface area contributed by atoms with Crippen LogP contribution in [0, 0.1) is 0 Å². The van der Waals surface area contributed by atoms with Gasteiger partial charge in [-0.25, -0.2) is 0 Å². The van der Waals surface area contributed by atoms with Crippen LogP contribution in [0.2, 0.25) is 0 Å². The average Bonchev–Trinajstić information content (AvgIpc) is 2.91. The van der Waals surface area contributed by atoms with Gasteiger partial charge >= 0.3 is 6.18 Å². The summed E-state index contributed by atoms with van der Waals surface area (Å²) in [6, 6.07) is 1.18. The van der Waals surface area contributed by atoms with E-state index in [1.165, 1.54) is 12.3 Å². The Morgan fingerprint density at radius 3 is 2.87 bits per heavy atom. The quantitative estimate of drug-likeness (QED) is 0.902. The highest BCUT2D eigenvalue weighted by Crippen LogP contribution is 2.21. The number of carbonyl (C=O) groups excluding carboxylic acids is 1. The first kappa shape index (κ1) is 17.6. The number of anilines is 1. The monoisotopic (exact) mass is 332 g/mol. The lowest BCUT2D eigenvalue weighted by Gasteiger charge is -2.37. The van der Waals surface area contributed by atoms with E-state index in [0.717, 1.165) is 36.9 Å². The second-order valence-electron chi connectivity index (χ2n) is 5.97. The molecule has 5 nitrogen and oxygen atoms in total. The summed E-state index contributed by atoms with van der Waals surface area (Å²) in [5, 5.41) is 6.72. The lowest BCUT2D eigenvalue weighted by molar-refractivity contribution is -0.142. The zero-order valence-corrected chi connectivity index (χ0v) is 13.4. The minimum Gasteiger partial charge on any atom is -0.357 e. The van der Waals surface area contributed by atoms with Crippen LogP contribution in [0.3, 0.4) is 0 Å². The molecule has 1 aromatic heterocycles. The van der Waals surface area contributed by atoms with E-state index < -0.39 is 18.8 Å². The number of rotatable bonds is 5. The minimum absolute atomic E-state index is 0.0260. The average molecular weight is 332 g/mol. The molecule has 2 heterocycles. The van der Waals surface area contributed by atoms with E-state index in [-0.39, 0.29) is 17.8 Å². The minimum atomic E-state index is -4.31. The summed E-state index contributed by atoms with van der Waals surface area (Å²) < 4.78 is 37.8. The summed E-state index contributed by atoms with van der Waals surface area (Å²) in [5.41, 5.74) is 0. The van der Waals surface area contributed by atoms with Crippen molar-refractivity contribution in [2.45, 2.75) is 64.3 Å². The fourth-order valence-electron chi connectivity index (χ4n) is 2.96. The van der Waals surface area contributed by atoms with E-state index in [1.54, 1.807) is 6.92 Å². The third-order valence-electron chi connectivity index (χ3n) is 4.10. The van der Waals surface area contributed by atoms with Crippen molar-refractivity contribution in [3.63, 3.8) is 0 Å². The third-order valence-corrected chi connectivity index (χ3v) is 4.10. The largest absolute Gasteiger partial charge is 0.408 e. The van der Waals surface area contributed by atoms with Crippen molar-refractivity contribution >= 4 is 11.7 Å². The fourth-order valence-corrected chi connectivity index (χ4v) is 2.96. The number of carbonyl (C=O) groups is 1. The van der Waals surface area contributed by atoms with E-state index in [2.05, 4.69) is 17.3 Å². The van der Waals surface area contributed by atoms with E-state index in [0.29, 0.717) is 0 Å². The van der Waals surface area contributed by atoms with E-state index in [9.17, 15) is 18.0 Å². The van der Waals surface area contributed by atoms with Crippen LogP contribution in [0.4, 0.5) is 19.0 Å². The predicted molar refractivity (Wildman–Crippen MR) is 81.0 cm³/mol. The number of aromatic nitrogens is 2. The Kier molecular flexibility index (Phi) is 5.54. The number of piperidine rings is 1. The summed E-state index contributed by atoms with van der Waals surface area (Å²) >= 11 is 0. The molecule has 0 radical (unpaired) electrons. The van der Waals surface area contributed by atoms with Crippen LogP contribution in [0.25, 0.3) is 0 Å². The second-order valence-corrected chi connectivity index (χ2v) is 5.97. The molecule has 2 unspecified atom stereocenters. The van der Waals surface area contributed by atoms with Crippen LogP contribution < -0.4 is 5.32 Å². The van der Waals surface area contributed by atoms with Crippen LogP contribution in [-0.4, -0.2) is 45.4 Å². The van der Waals surface area contributed by atoms with Crippen molar-refractivity contribution in [2.75, 3.05) is 11.9 Å². The van der Waals surface area contributed by atoms with E-state index in [4.69, 9.17) is 0 Å². The number of likely N-dealkylation sites (tertiary alicyclic amines) is 1.